The van der Waals surface area contributed by atoms with Gasteiger partial charge in [0.15, 0.2) is 0 Å². The van der Waals surface area contributed by atoms with Crippen molar-refractivity contribution >= 4 is 5.82 Å². The lowest BCUT2D eigenvalue weighted by atomic mass is 10.1. The van der Waals surface area contributed by atoms with Crippen LogP contribution in [-0.2, 0) is 0 Å². The Balaban J connectivity index is 2.15. The summed E-state index contributed by atoms with van der Waals surface area (Å²) in [5.74, 6) is 2.20. The summed E-state index contributed by atoms with van der Waals surface area (Å²) < 4.78 is 6.05. The Hall–Kier alpha value is -1.36. The largest absolute Gasteiger partial charge is 0.474 e. The molecule has 1 aromatic heterocycles. The number of nitrogen functional groups attached to an aromatic ring is 1. The molecule has 1 saturated heterocycles. The summed E-state index contributed by atoms with van der Waals surface area (Å²) in [5, 5.41) is 0. The first-order chi connectivity index (χ1) is 8.97. The molecule has 0 atom stereocenters. The first kappa shape index (κ1) is 14.1. The molecule has 5 nitrogen and oxygen atoms in total. The molecule has 0 aromatic carbocycles. The Morgan fingerprint density at radius 3 is 2.47 bits per heavy atom. The van der Waals surface area contributed by atoms with Gasteiger partial charge in [0.1, 0.15) is 17.7 Å². The summed E-state index contributed by atoms with van der Waals surface area (Å²) in [5.41, 5.74) is 6.80. The molecule has 0 bridgehead atoms. The predicted molar refractivity (Wildman–Crippen MR) is 76.4 cm³/mol. The fourth-order valence-corrected chi connectivity index (χ4v) is 2.16. The van der Waals surface area contributed by atoms with Gasteiger partial charge >= 0.3 is 0 Å². The lowest BCUT2D eigenvalue weighted by Crippen LogP contribution is -2.36. The normalized spacial score (nSPS) is 17.9. The molecule has 19 heavy (non-hydrogen) atoms. The van der Waals surface area contributed by atoms with Gasteiger partial charge in [0.2, 0.25) is 5.88 Å². The van der Waals surface area contributed by atoms with E-state index in [1.165, 1.54) is 0 Å². The SMILES string of the molecule is Cc1c(N)nc(C(C)C)nc1OC1CCN(C)CC1. The van der Waals surface area contributed by atoms with Crippen LogP contribution in [-0.4, -0.2) is 41.1 Å². The van der Waals surface area contributed by atoms with Gasteiger partial charge in [-0.2, -0.15) is 4.98 Å². The molecule has 0 saturated carbocycles. The smallest absolute Gasteiger partial charge is 0.222 e. The van der Waals surface area contributed by atoms with Gasteiger partial charge in [0, 0.05) is 19.0 Å². The Labute approximate surface area is 115 Å². The number of likely N-dealkylation sites (tertiary alicyclic amines) is 1. The van der Waals surface area contributed by atoms with Gasteiger partial charge in [-0.25, -0.2) is 4.98 Å². The molecule has 1 fully saturated rings. The van der Waals surface area contributed by atoms with Gasteiger partial charge in [-0.05, 0) is 26.8 Å². The summed E-state index contributed by atoms with van der Waals surface area (Å²) in [7, 11) is 2.14. The van der Waals surface area contributed by atoms with Crippen molar-refractivity contribution in [2.45, 2.75) is 45.6 Å². The molecule has 1 aromatic rings. The van der Waals surface area contributed by atoms with Crippen LogP contribution in [0.1, 0.15) is 44.0 Å². The topological polar surface area (TPSA) is 64.3 Å². The molecule has 0 aliphatic carbocycles. The van der Waals surface area contributed by atoms with E-state index in [1.807, 2.05) is 6.92 Å². The number of nitrogens with two attached hydrogens (primary N) is 1. The van der Waals surface area contributed by atoms with E-state index in [-0.39, 0.29) is 12.0 Å². The number of anilines is 1. The van der Waals surface area contributed by atoms with Gasteiger partial charge in [-0.1, -0.05) is 13.8 Å². The average molecular weight is 264 g/mol. The number of ether oxygens (including phenoxy) is 1. The van der Waals surface area contributed by atoms with E-state index >= 15 is 0 Å². The second-order valence-electron chi connectivity index (χ2n) is 5.67. The van der Waals surface area contributed by atoms with Gasteiger partial charge < -0.3 is 15.4 Å². The van der Waals surface area contributed by atoms with E-state index in [2.05, 4.69) is 35.8 Å². The van der Waals surface area contributed by atoms with Crippen molar-refractivity contribution in [2.75, 3.05) is 25.9 Å². The third kappa shape index (κ3) is 3.35. The van der Waals surface area contributed by atoms with Gasteiger partial charge in [-0.3, -0.25) is 0 Å². The minimum atomic E-state index is 0.240. The summed E-state index contributed by atoms with van der Waals surface area (Å²) >= 11 is 0. The van der Waals surface area contributed by atoms with Crippen LogP contribution in [0.3, 0.4) is 0 Å². The van der Waals surface area contributed by atoms with E-state index in [9.17, 15) is 0 Å². The highest BCUT2D eigenvalue weighted by Crippen LogP contribution is 2.25. The van der Waals surface area contributed by atoms with Crippen LogP contribution in [0.15, 0.2) is 0 Å². The molecule has 2 rings (SSSR count). The van der Waals surface area contributed by atoms with Crippen LogP contribution in [0, 0.1) is 6.92 Å². The number of hydrogen-bond acceptors (Lipinski definition) is 5. The molecule has 1 aliphatic heterocycles. The minimum Gasteiger partial charge on any atom is -0.474 e. The van der Waals surface area contributed by atoms with Crippen LogP contribution in [0.4, 0.5) is 5.82 Å². The zero-order valence-corrected chi connectivity index (χ0v) is 12.3. The quantitative estimate of drug-likeness (QED) is 0.904. The lowest BCUT2D eigenvalue weighted by Gasteiger charge is -2.29. The van der Waals surface area contributed by atoms with Crippen molar-refractivity contribution in [3.63, 3.8) is 0 Å². The van der Waals surface area contributed by atoms with Crippen LogP contribution in [0.5, 0.6) is 5.88 Å². The van der Waals surface area contributed by atoms with E-state index in [1.54, 1.807) is 0 Å². The second-order valence-corrected chi connectivity index (χ2v) is 5.67. The van der Waals surface area contributed by atoms with Crippen LogP contribution < -0.4 is 10.5 Å². The maximum Gasteiger partial charge on any atom is 0.222 e. The van der Waals surface area contributed by atoms with Crippen molar-refractivity contribution in [1.82, 2.24) is 14.9 Å². The van der Waals surface area contributed by atoms with Crippen molar-refractivity contribution in [3.05, 3.63) is 11.4 Å². The molecule has 1 aliphatic rings. The molecule has 0 unspecified atom stereocenters. The summed E-state index contributed by atoms with van der Waals surface area (Å²) in [4.78, 5) is 11.2. The third-order valence-corrected chi connectivity index (χ3v) is 3.62. The second kappa shape index (κ2) is 5.74. The lowest BCUT2D eigenvalue weighted by molar-refractivity contribution is 0.109. The van der Waals surface area contributed by atoms with Crippen molar-refractivity contribution in [2.24, 2.45) is 0 Å². The molecule has 5 heteroatoms. The fourth-order valence-electron chi connectivity index (χ4n) is 2.16. The zero-order chi connectivity index (χ0) is 14.0. The number of piperidine rings is 1. The molecule has 2 heterocycles. The van der Waals surface area contributed by atoms with Gasteiger partial charge in [0.25, 0.3) is 0 Å². The zero-order valence-electron chi connectivity index (χ0n) is 12.3. The average Bonchev–Trinajstić information content (AvgIpc) is 2.37. The van der Waals surface area contributed by atoms with Crippen LogP contribution >= 0.6 is 0 Å². The molecular weight excluding hydrogens is 240 g/mol. The number of hydrogen-bond donors (Lipinski definition) is 1. The van der Waals surface area contributed by atoms with Crippen molar-refractivity contribution < 1.29 is 4.74 Å². The number of aromatic nitrogens is 2. The molecule has 0 spiro atoms. The van der Waals surface area contributed by atoms with Crippen molar-refractivity contribution in [1.29, 1.82) is 0 Å². The maximum absolute atomic E-state index is 6.05. The molecule has 0 radical (unpaired) electrons. The van der Waals surface area contributed by atoms with Crippen LogP contribution in [0.2, 0.25) is 0 Å². The number of rotatable bonds is 3. The first-order valence-corrected chi connectivity index (χ1v) is 6.96. The van der Waals surface area contributed by atoms with E-state index in [0.29, 0.717) is 11.7 Å². The van der Waals surface area contributed by atoms with E-state index in [0.717, 1.165) is 37.3 Å². The minimum absolute atomic E-state index is 0.240. The molecule has 106 valence electrons. The van der Waals surface area contributed by atoms with Crippen molar-refractivity contribution in [3.8, 4) is 5.88 Å². The third-order valence-electron chi connectivity index (χ3n) is 3.62. The summed E-state index contributed by atoms with van der Waals surface area (Å²) in [6, 6.07) is 0. The highest BCUT2D eigenvalue weighted by atomic mass is 16.5. The Morgan fingerprint density at radius 1 is 1.26 bits per heavy atom. The predicted octanol–water partition coefficient (Wildman–Crippen LogP) is 1.96. The first-order valence-electron chi connectivity index (χ1n) is 6.96. The highest BCUT2D eigenvalue weighted by molar-refractivity contribution is 5.44. The fraction of sp³-hybridized carbons (Fsp3) is 0.714. The Bertz CT molecular complexity index is 439. The van der Waals surface area contributed by atoms with Gasteiger partial charge in [-0.15, -0.1) is 0 Å². The van der Waals surface area contributed by atoms with E-state index in [4.69, 9.17) is 10.5 Å². The van der Waals surface area contributed by atoms with E-state index < -0.39 is 0 Å². The van der Waals surface area contributed by atoms with Crippen LogP contribution in [0.25, 0.3) is 0 Å². The summed E-state index contributed by atoms with van der Waals surface area (Å²) in [6.07, 6.45) is 2.32. The number of nitrogens with zero attached hydrogens (tertiary/aromatic N) is 3. The Kier molecular flexibility index (Phi) is 4.24. The standard InChI is InChI=1S/C14H24N4O/c1-9(2)13-16-12(15)10(3)14(17-13)19-11-5-7-18(4)8-6-11/h9,11H,5-8H2,1-4H3,(H2,15,16,17). The molecule has 2 N–H and O–H groups in total. The Morgan fingerprint density at radius 2 is 1.89 bits per heavy atom. The molecular formula is C14H24N4O. The van der Waals surface area contributed by atoms with Gasteiger partial charge in [0.05, 0.1) is 5.56 Å². The maximum atomic E-state index is 6.05. The summed E-state index contributed by atoms with van der Waals surface area (Å²) in [6.45, 7) is 8.18. The monoisotopic (exact) mass is 264 g/mol. The highest BCUT2D eigenvalue weighted by Gasteiger charge is 2.21. The molecule has 0 amide bonds.